The fourth-order valence-corrected chi connectivity index (χ4v) is 0.870. The third kappa shape index (κ3) is 5.41. The predicted molar refractivity (Wildman–Crippen MR) is 45.9 cm³/mol. The highest BCUT2D eigenvalue weighted by Crippen LogP contribution is 2.23. The van der Waals surface area contributed by atoms with Gasteiger partial charge in [-0.3, -0.25) is 0 Å². The molecule has 6 heteroatoms. The maximum Gasteiger partial charge on any atom is 0.415 e. The van der Waals surface area contributed by atoms with Crippen LogP contribution in [0.4, 0.5) is 13.2 Å². The average Bonchev–Trinajstić information content (AvgIpc) is 2.08. The van der Waals surface area contributed by atoms with Gasteiger partial charge < -0.3 is 15.2 Å². The Bertz CT molecular complexity index is 152. The van der Waals surface area contributed by atoms with E-state index in [1.807, 2.05) is 0 Å². The van der Waals surface area contributed by atoms with Crippen molar-refractivity contribution in [3.8, 4) is 0 Å². The molecule has 0 rings (SSSR count). The molecule has 0 heterocycles. The molecule has 0 saturated heterocycles. The molecular weight excluding hydrogens is 199 g/mol. The Morgan fingerprint density at radius 3 is 2.29 bits per heavy atom. The average molecular weight is 215 g/mol. The number of nitrogens with two attached hydrogens (primary N) is 1. The van der Waals surface area contributed by atoms with Crippen LogP contribution in [0.25, 0.3) is 0 Å². The van der Waals surface area contributed by atoms with E-state index < -0.39 is 24.9 Å². The smallest absolute Gasteiger partial charge is 0.379 e. The molecule has 0 amide bonds. The van der Waals surface area contributed by atoms with Gasteiger partial charge in [0.1, 0.15) is 0 Å². The molecule has 2 unspecified atom stereocenters. The van der Waals surface area contributed by atoms with Crippen LogP contribution in [0.3, 0.4) is 0 Å². The lowest BCUT2D eigenvalue weighted by atomic mass is 10.3. The van der Waals surface area contributed by atoms with E-state index in [4.69, 9.17) is 15.2 Å². The first-order valence-electron chi connectivity index (χ1n) is 4.41. The van der Waals surface area contributed by atoms with Crippen molar-refractivity contribution >= 4 is 0 Å². The molecule has 0 spiro atoms. The van der Waals surface area contributed by atoms with E-state index in [1.54, 1.807) is 6.92 Å². The summed E-state index contributed by atoms with van der Waals surface area (Å²) in [5.41, 5.74) is 4.95. The Kier molecular flexibility index (Phi) is 6.06. The summed E-state index contributed by atoms with van der Waals surface area (Å²) in [6, 6.07) is 0. The zero-order valence-electron chi connectivity index (χ0n) is 8.30. The van der Waals surface area contributed by atoms with Gasteiger partial charge in [-0.15, -0.1) is 0 Å². The lowest BCUT2D eigenvalue weighted by Gasteiger charge is -2.23. The summed E-state index contributed by atoms with van der Waals surface area (Å²) in [7, 11) is 0. The summed E-state index contributed by atoms with van der Waals surface area (Å²) >= 11 is 0. The molecule has 14 heavy (non-hydrogen) atoms. The van der Waals surface area contributed by atoms with Crippen LogP contribution in [0.1, 0.15) is 13.8 Å². The van der Waals surface area contributed by atoms with Crippen LogP contribution in [-0.2, 0) is 9.47 Å². The number of ether oxygens (including phenoxy) is 2. The van der Waals surface area contributed by atoms with Gasteiger partial charge >= 0.3 is 6.18 Å². The summed E-state index contributed by atoms with van der Waals surface area (Å²) in [6.45, 7) is 3.30. The first-order valence-corrected chi connectivity index (χ1v) is 4.41. The van der Waals surface area contributed by atoms with E-state index in [9.17, 15) is 13.2 Å². The number of hydrogen-bond acceptors (Lipinski definition) is 3. The van der Waals surface area contributed by atoms with Crippen molar-refractivity contribution in [2.75, 3.05) is 19.8 Å². The molecule has 86 valence electrons. The standard InChI is InChI=1S/C8H16F3NO2/c1-3-13-5-6(2)14-7(4-12)8(9,10)11/h6-7H,3-5,12H2,1-2H3. The Labute approximate surface area is 81.4 Å². The molecule has 2 N–H and O–H groups in total. The minimum Gasteiger partial charge on any atom is -0.379 e. The molecule has 3 nitrogen and oxygen atoms in total. The first-order chi connectivity index (χ1) is 6.41. The van der Waals surface area contributed by atoms with E-state index in [2.05, 4.69) is 0 Å². The molecule has 0 aromatic rings. The maximum atomic E-state index is 12.2. The van der Waals surface area contributed by atoms with Crippen molar-refractivity contribution in [2.24, 2.45) is 5.73 Å². The summed E-state index contributed by atoms with van der Waals surface area (Å²) in [6.07, 6.45) is -6.92. The van der Waals surface area contributed by atoms with E-state index in [-0.39, 0.29) is 6.61 Å². The molecular formula is C8H16F3NO2. The van der Waals surface area contributed by atoms with E-state index >= 15 is 0 Å². The van der Waals surface area contributed by atoms with E-state index in [0.717, 1.165) is 0 Å². The SMILES string of the molecule is CCOCC(C)OC(CN)C(F)(F)F. The van der Waals surface area contributed by atoms with Crippen LogP contribution in [-0.4, -0.2) is 38.1 Å². The quantitative estimate of drug-likeness (QED) is 0.726. The Morgan fingerprint density at radius 1 is 1.36 bits per heavy atom. The highest BCUT2D eigenvalue weighted by atomic mass is 19.4. The minimum atomic E-state index is -4.41. The Balaban J connectivity index is 3.93. The van der Waals surface area contributed by atoms with Gasteiger partial charge in [-0.05, 0) is 13.8 Å². The molecule has 0 saturated carbocycles. The molecule has 2 atom stereocenters. The zero-order valence-corrected chi connectivity index (χ0v) is 8.30. The van der Waals surface area contributed by atoms with E-state index in [1.165, 1.54) is 6.92 Å². The predicted octanol–water partition coefficient (Wildman–Crippen LogP) is 1.32. The Morgan fingerprint density at radius 2 is 1.93 bits per heavy atom. The van der Waals surface area contributed by atoms with Crippen LogP contribution in [0.15, 0.2) is 0 Å². The molecule has 0 fully saturated rings. The van der Waals surface area contributed by atoms with Gasteiger partial charge in [-0.25, -0.2) is 0 Å². The van der Waals surface area contributed by atoms with Crippen molar-refractivity contribution in [3.63, 3.8) is 0 Å². The molecule has 0 radical (unpaired) electrons. The van der Waals surface area contributed by atoms with Gasteiger partial charge in [0.25, 0.3) is 0 Å². The fourth-order valence-electron chi connectivity index (χ4n) is 0.870. The lowest BCUT2D eigenvalue weighted by Crippen LogP contribution is -2.41. The van der Waals surface area contributed by atoms with Crippen LogP contribution >= 0.6 is 0 Å². The monoisotopic (exact) mass is 215 g/mol. The lowest BCUT2D eigenvalue weighted by molar-refractivity contribution is -0.231. The molecule has 0 aromatic carbocycles. The normalized spacial score (nSPS) is 16.7. The van der Waals surface area contributed by atoms with Crippen LogP contribution in [0.2, 0.25) is 0 Å². The second-order valence-electron chi connectivity index (χ2n) is 2.87. The van der Waals surface area contributed by atoms with Gasteiger partial charge in [0, 0.05) is 13.2 Å². The number of alkyl halides is 3. The Hall–Kier alpha value is -0.330. The van der Waals surface area contributed by atoms with Crippen molar-refractivity contribution in [1.29, 1.82) is 0 Å². The van der Waals surface area contributed by atoms with Crippen LogP contribution in [0, 0.1) is 0 Å². The summed E-state index contributed by atoms with van der Waals surface area (Å²) in [5.74, 6) is 0. The maximum absolute atomic E-state index is 12.2. The number of rotatable bonds is 6. The van der Waals surface area contributed by atoms with Gasteiger partial charge in [0.15, 0.2) is 6.10 Å². The zero-order chi connectivity index (χ0) is 11.2. The van der Waals surface area contributed by atoms with Gasteiger partial charge in [-0.1, -0.05) is 0 Å². The number of hydrogen-bond donors (Lipinski definition) is 1. The van der Waals surface area contributed by atoms with Crippen molar-refractivity contribution in [3.05, 3.63) is 0 Å². The van der Waals surface area contributed by atoms with E-state index in [0.29, 0.717) is 6.61 Å². The molecule has 0 bridgehead atoms. The first kappa shape index (κ1) is 13.7. The third-order valence-electron chi connectivity index (χ3n) is 1.53. The minimum absolute atomic E-state index is 0.142. The van der Waals surface area contributed by atoms with Crippen LogP contribution in [0.5, 0.6) is 0 Å². The second kappa shape index (κ2) is 6.21. The fraction of sp³-hybridized carbons (Fsp3) is 1.00. The van der Waals surface area contributed by atoms with Crippen molar-refractivity contribution < 1.29 is 22.6 Å². The highest BCUT2D eigenvalue weighted by Gasteiger charge is 2.40. The third-order valence-corrected chi connectivity index (χ3v) is 1.53. The van der Waals surface area contributed by atoms with Gasteiger partial charge in [0.05, 0.1) is 12.7 Å². The summed E-state index contributed by atoms with van der Waals surface area (Å²) in [5, 5.41) is 0. The molecule has 0 aliphatic heterocycles. The topological polar surface area (TPSA) is 44.5 Å². The molecule has 0 aromatic heterocycles. The molecule has 0 aliphatic carbocycles. The van der Waals surface area contributed by atoms with Gasteiger partial charge in [-0.2, -0.15) is 13.2 Å². The largest absolute Gasteiger partial charge is 0.415 e. The summed E-state index contributed by atoms with van der Waals surface area (Å²) < 4.78 is 46.1. The van der Waals surface area contributed by atoms with Gasteiger partial charge in [0.2, 0.25) is 0 Å². The summed E-state index contributed by atoms with van der Waals surface area (Å²) in [4.78, 5) is 0. The van der Waals surface area contributed by atoms with Crippen LogP contribution < -0.4 is 5.73 Å². The van der Waals surface area contributed by atoms with Crippen molar-refractivity contribution in [1.82, 2.24) is 0 Å². The van der Waals surface area contributed by atoms with Crippen molar-refractivity contribution in [2.45, 2.75) is 32.2 Å². The molecule has 0 aliphatic rings. The second-order valence-corrected chi connectivity index (χ2v) is 2.87. The highest BCUT2D eigenvalue weighted by molar-refractivity contribution is 4.69. The number of halogens is 3.